The zero-order valence-corrected chi connectivity index (χ0v) is 14.4. The molecule has 0 spiro atoms. The van der Waals surface area contributed by atoms with Gasteiger partial charge in [-0.3, -0.25) is 0 Å². The highest BCUT2D eigenvalue weighted by Crippen LogP contribution is 2.44. The Morgan fingerprint density at radius 2 is 1.96 bits per heavy atom. The summed E-state index contributed by atoms with van der Waals surface area (Å²) in [5.74, 6) is 2.03. The van der Waals surface area contributed by atoms with E-state index in [2.05, 4.69) is 13.0 Å². The first-order chi connectivity index (χ1) is 11.1. The first kappa shape index (κ1) is 16.3. The second-order valence-electron chi connectivity index (χ2n) is 6.42. The molecule has 1 fully saturated rings. The number of methoxy groups -OCH3 is 1. The van der Waals surface area contributed by atoms with E-state index in [4.69, 9.17) is 16.3 Å². The summed E-state index contributed by atoms with van der Waals surface area (Å²) in [5, 5.41) is 0. The van der Waals surface area contributed by atoms with Crippen LogP contribution in [0.4, 0.5) is 4.39 Å². The number of ether oxygens (including phenoxy) is 1. The summed E-state index contributed by atoms with van der Waals surface area (Å²) in [6.07, 6.45) is 3.62. The van der Waals surface area contributed by atoms with Crippen LogP contribution in [-0.2, 0) is 5.88 Å². The lowest BCUT2D eigenvalue weighted by atomic mass is 9.84. The second-order valence-corrected chi connectivity index (χ2v) is 6.68. The monoisotopic (exact) mass is 332 g/mol. The fraction of sp³-hybridized carbons (Fsp3) is 0.400. The summed E-state index contributed by atoms with van der Waals surface area (Å²) in [7, 11) is 1.60. The van der Waals surface area contributed by atoms with Crippen molar-refractivity contribution in [2.24, 2.45) is 5.92 Å². The van der Waals surface area contributed by atoms with Gasteiger partial charge in [-0.2, -0.15) is 0 Å². The van der Waals surface area contributed by atoms with E-state index in [1.54, 1.807) is 19.2 Å². The van der Waals surface area contributed by atoms with E-state index in [1.807, 2.05) is 12.1 Å². The molecule has 0 saturated heterocycles. The minimum Gasteiger partial charge on any atom is -0.497 e. The Labute approximate surface area is 142 Å². The summed E-state index contributed by atoms with van der Waals surface area (Å²) in [5.41, 5.74) is 3.89. The lowest BCUT2D eigenvalue weighted by Crippen LogP contribution is -2.05. The van der Waals surface area contributed by atoms with E-state index in [0.29, 0.717) is 29.0 Å². The van der Waals surface area contributed by atoms with Crippen molar-refractivity contribution in [1.29, 1.82) is 0 Å². The Morgan fingerprint density at radius 3 is 2.61 bits per heavy atom. The van der Waals surface area contributed by atoms with Crippen LogP contribution in [0.3, 0.4) is 0 Å². The van der Waals surface area contributed by atoms with Crippen LogP contribution in [0, 0.1) is 11.7 Å². The van der Waals surface area contributed by atoms with Gasteiger partial charge in [0.15, 0.2) is 0 Å². The average Bonchev–Trinajstić information content (AvgIpc) is 3.01. The molecule has 1 nitrogen and oxygen atoms in total. The van der Waals surface area contributed by atoms with E-state index in [9.17, 15) is 4.39 Å². The molecule has 0 radical (unpaired) electrons. The highest BCUT2D eigenvalue weighted by Gasteiger charge is 2.28. The van der Waals surface area contributed by atoms with Crippen LogP contribution < -0.4 is 4.74 Å². The second kappa shape index (κ2) is 6.92. The van der Waals surface area contributed by atoms with E-state index in [0.717, 1.165) is 17.5 Å². The molecule has 0 unspecified atom stereocenters. The summed E-state index contributed by atoms with van der Waals surface area (Å²) >= 11 is 6.03. The number of halogens is 2. The Hall–Kier alpha value is -1.54. The Kier molecular flexibility index (Phi) is 4.91. The minimum absolute atomic E-state index is 0.212. The third kappa shape index (κ3) is 3.23. The molecule has 3 heteroatoms. The molecule has 0 bridgehead atoms. The molecule has 0 aromatic heterocycles. The Balaban J connectivity index is 2.15. The van der Waals surface area contributed by atoms with Crippen LogP contribution in [-0.4, -0.2) is 7.11 Å². The molecule has 2 atom stereocenters. The quantitative estimate of drug-likeness (QED) is 0.611. The van der Waals surface area contributed by atoms with Crippen molar-refractivity contribution in [3.8, 4) is 16.9 Å². The number of hydrogen-bond donors (Lipinski definition) is 0. The molecule has 2 aromatic carbocycles. The van der Waals surface area contributed by atoms with Gasteiger partial charge >= 0.3 is 0 Å². The van der Waals surface area contributed by atoms with Gasteiger partial charge in [0.2, 0.25) is 0 Å². The van der Waals surface area contributed by atoms with Gasteiger partial charge in [-0.1, -0.05) is 38.0 Å². The molecule has 122 valence electrons. The SMILES string of the molecule is COc1ccc(F)c(-c2ccc(CCl)cc2[C@@H]2CCC[C@H]2C)c1. The number of hydrogen-bond acceptors (Lipinski definition) is 1. The molecular weight excluding hydrogens is 311 g/mol. The van der Waals surface area contributed by atoms with Crippen molar-refractivity contribution < 1.29 is 9.13 Å². The predicted molar refractivity (Wildman–Crippen MR) is 93.7 cm³/mol. The summed E-state index contributed by atoms with van der Waals surface area (Å²) in [6, 6.07) is 11.1. The van der Waals surface area contributed by atoms with Gasteiger partial charge in [0.1, 0.15) is 11.6 Å². The van der Waals surface area contributed by atoms with Gasteiger partial charge in [-0.25, -0.2) is 4.39 Å². The van der Waals surface area contributed by atoms with Crippen LogP contribution in [0.2, 0.25) is 0 Å². The number of benzene rings is 2. The largest absolute Gasteiger partial charge is 0.497 e. The summed E-state index contributed by atoms with van der Waals surface area (Å²) < 4.78 is 19.7. The topological polar surface area (TPSA) is 9.23 Å². The maximum Gasteiger partial charge on any atom is 0.131 e. The van der Waals surface area contributed by atoms with Crippen molar-refractivity contribution >= 4 is 11.6 Å². The first-order valence-electron chi connectivity index (χ1n) is 8.16. The van der Waals surface area contributed by atoms with E-state index < -0.39 is 0 Å². The van der Waals surface area contributed by atoms with Crippen LogP contribution in [0.25, 0.3) is 11.1 Å². The minimum atomic E-state index is -0.212. The zero-order valence-electron chi connectivity index (χ0n) is 13.6. The average molecular weight is 333 g/mol. The van der Waals surface area contributed by atoms with Gasteiger partial charge in [-0.05, 0) is 53.1 Å². The molecule has 3 rings (SSSR count). The zero-order chi connectivity index (χ0) is 16.4. The van der Waals surface area contributed by atoms with Crippen molar-refractivity contribution in [3.05, 3.63) is 53.3 Å². The molecule has 1 saturated carbocycles. The van der Waals surface area contributed by atoms with Gasteiger partial charge in [-0.15, -0.1) is 11.6 Å². The fourth-order valence-corrected chi connectivity index (χ4v) is 3.86. The highest BCUT2D eigenvalue weighted by atomic mass is 35.5. The van der Waals surface area contributed by atoms with Crippen LogP contribution in [0.1, 0.15) is 43.2 Å². The van der Waals surface area contributed by atoms with Crippen molar-refractivity contribution in [3.63, 3.8) is 0 Å². The highest BCUT2D eigenvalue weighted by molar-refractivity contribution is 6.17. The van der Waals surface area contributed by atoms with Gasteiger partial charge in [0, 0.05) is 11.4 Å². The molecule has 1 aliphatic rings. The van der Waals surface area contributed by atoms with E-state index in [1.165, 1.54) is 24.5 Å². The van der Waals surface area contributed by atoms with Crippen molar-refractivity contribution in [2.75, 3.05) is 7.11 Å². The van der Waals surface area contributed by atoms with Gasteiger partial charge in [0.25, 0.3) is 0 Å². The lowest BCUT2D eigenvalue weighted by molar-refractivity contribution is 0.414. The van der Waals surface area contributed by atoms with Crippen LogP contribution in [0.5, 0.6) is 5.75 Å². The van der Waals surface area contributed by atoms with Crippen LogP contribution >= 0.6 is 11.6 Å². The molecule has 23 heavy (non-hydrogen) atoms. The van der Waals surface area contributed by atoms with Gasteiger partial charge < -0.3 is 4.74 Å². The van der Waals surface area contributed by atoms with E-state index in [-0.39, 0.29) is 5.82 Å². The Bertz CT molecular complexity index is 698. The first-order valence-corrected chi connectivity index (χ1v) is 8.70. The number of rotatable bonds is 4. The number of alkyl halides is 1. The summed E-state index contributed by atoms with van der Waals surface area (Å²) in [6.45, 7) is 2.29. The normalized spacial score (nSPS) is 20.7. The third-order valence-electron chi connectivity index (χ3n) is 4.99. The maximum atomic E-state index is 14.5. The summed E-state index contributed by atoms with van der Waals surface area (Å²) in [4.78, 5) is 0. The van der Waals surface area contributed by atoms with E-state index >= 15 is 0 Å². The standard InChI is InChI=1S/C20H22ClFO/c1-13-4-3-5-16(13)18-10-14(12-21)6-8-17(18)19-11-15(23-2)7-9-20(19)22/h6-11,13,16H,3-5,12H2,1-2H3/t13-,16-/m1/s1. The lowest BCUT2D eigenvalue weighted by Gasteiger charge is -2.21. The molecule has 0 heterocycles. The predicted octanol–water partition coefficient (Wildman–Crippen LogP) is 6.14. The smallest absolute Gasteiger partial charge is 0.131 e. The molecule has 0 N–H and O–H groups in total. The maximum absolute atomic E-state index is 14.5. The molecule has 0 amide bonds. The molecule has 2 aromatic rings. The van der Waals surface area contributed by atoms with Gasteiger partial charge in [0.05, 0.1) is 7.11 Å². The third-order valence-corrected chi connectivity index (χ3v) is 5.30. The Morgan fingerprint density at radius 1 is 1.13 bits per heavy atom. The molecule has 0 aliphatic heterocycles. The van der Waals surface area contributed by atoms with Crippen LogP contribution in [0.15, 0.2) is 36.4 Å². The molecule has 1 aliphatic carbocycles. The van der Waals surface area contributed by atoms with Crippen molar-refractivity contribution in [1.82, 2.24) is 0 Å². The van der Waals surface area contributed by atoms with Crippen molar-refractivity contribution in [2.45, 2.75) is 38.0 Å². The fourth-order valence-electron chi connectivity index (χ4n) is 3.69. The molecular formula is C20H22ClFO.